The zero-order valence-electron chi connectivity index (χ0n) is 9.29. The first-order chi connectivity index (χ1) is 7.60. The first-order valence-corrected chi connectivity index (χ1v) is 6.18. The van der Waals surface area contributed by atoms with Crippen LogP contribution in [0.5, 0.6) is 0 Å². The van der Waals surface area contributed by atoms with Crippen LogP contribution >= 0.6 is 23.2 Å². The molecule has 1 aromatic carbocycles. The van der Waals surface area contributed by atoms with Gasteiger partial charge in [-0.15, -0.1) is 0 Å². The average Bonchev–Trinajstić information content (AvgIpc) is 2.22. The van der Waals surface area contributed by atoms with Crippen molar-refractivity contribution in [2.45, 2.75) is 31.8 Å². The van der Waals surface area contributed by atoms with Crippen molar-refractivity contribution in [2.75, 3.05) is 6.54 Å². The molecule has 1 rings (SSSR count). The quantitative estimate of drug-likeness (QED) is 0.855. The van der Waals surface area contributed by atoms with E-state index in [1.807, 2.05) is 13.0 Å². The molecule has 0 saturated heterocycles. The highest BCUT2D eigenvalue weighted by atomic mass is 35.5. The Morgan fingerprint density at radius 1 is 1.38 bits per heavy atom. The molecule has 0 aliphatic heterocycles. The largest absolute Gasteiger partial charge is 0.392 e. The SMILES string of the molecule is CCCC(O)C(CN)c1ccc(Cl)cc1Cl. The van der Waals surface area contributed by atoms with Gasteiger partial charge in [0.05, 0.1) is 6.10 Å². The molecule has 0 aliphatic rings. The van der Waals surface area contributed by atoms with Crippen molar-refractivity contribution in [1.29, 1.82) is 0 Å². The van der Waals surface area contributed by atoms with Crippen LogP contribution in [-0.2, 0) is 0 Å². The Labute approximate surface area is 106 Å². The van der Waals surface area contributed by atoms with Gasteiger partial charge in [-0.05, 0) is 24.1 Å². The molecular formula is C12H17Cl2NO. The smallest absolute Gasteiger partial charge is 0.0621 e. The standard InChI is InChI=1S/C12H17Cl2NO/c1-2-3-12(16)10(7-15)9-5-4-8(13)6-11(9)14/h4-6,10,12,16H,2-3,7,15H2,1H3. The highest BCUT2D eigenvalue weighted by Gasteiger charge is 2.21. The second-order valence-electron chi connectivity index (χ2n) is 3.86. The molecule has 0 bridgehead atoms. The van der Waals surface area contributed by atoms with Crippen molar-refractivity contribution in [2.24, 2.45) is 5.73 Å². The minimum absolute atomic E-state index is 0.121. The van der Waals surface area contributed by atoms with Crippen LogP contribution in [0.2, 0.25) is 10.0 Å². The molecule has 3 N–H and O–H groups in total. The number of benzene rings is 1. The van der Waals surface area contributed by atoms with Crippen molar-refractivity contribution < 1.29 is 5.11 Å². The molecule has 0 aromatic heterocycles. The van der Waals surface area contributed by atoms with Gasteiger partial charge in [-0.2, -0.15) is 0 Å². The topological polar surface area (TPSA) is 46.2 Å². The van der Waals surface area contributed by atoms with Crippen molar-refractivity contribution in [1.82, 2.24) is 0 Å². The van der Waals surface area contributed by atoms with E-state index in [2.05, 4.69) is 0 Å². The van der Waals surface area contributed by atoms with E-state index in [-0.39, 0.29) is 5.92 Å². The summed E-state index contributed by atoms with van der Waals surface area (Å²) in [7, 11) is 0. The summed E-state index contributed by atoms with van der Waals surface area (Å²) in [5, 5.41) is 11.1. The summed E-state index contributed by atoms with van der Waals surface area (Å²) in [5.74, 6) is -0.121. The van der Waals surface area contributed by atoms with Crippen molar-refractivity contribution >= 4 is 23.2 Å². The number of aliphatic hydroxyl groups is 1. The lowest BCUT2D eigenvalue weighted by Gasteiger charge is -2.22. The van der Waals surface area contributed by atoms with Crippen molar-refractivity contribution in [3.05, 3.63) is 33.8 Å². The first-order valence-electron chi connectivity index (χ1n) is 5.43. The van der Waals surface area contributed by atoms with Crippen LogP contribution in [0.25, 0.3) is 0 Å². The van der Waals surface area contributed by atoms with E-state index in [1.165, 1.54) is 0 Å². The molecule has 1 aromatic rings. The van der Waals surface area contributed by atoms with E-state index in [0.717, 1.165) is 18.4 Å². The zero-order valence-corrected chi connectivity index (χ0v) is 10.8. The Bertz CT molecular complexity index is 344. The lowest BCUT2D eigenvalue weighted by Crippen LogP contribution is -2.26. The van der Waals surface area contributed by atoms with E-state index in [0.29, 0.717) is 16.6 Å². The second kappa shape index (κ2) is 6.45. The number of hydrogen-bond donors (Lipinski definition) is 2. The van der Waals surface area contributed by atoms with Crippen LogP contribution < -0.4 is 5.73 Å². The van der Waals surface area contributed by atoms with Crippen molar-refractivity contribution in [3.8, 4) is 0 Å². The monoisotopic (exact) mass is 261 g/mol. The first kappa shape index (κ1) is 13.8. The average molecular weight is 262 g/mol. The Kier molecular flexibility index (Phi) is 5.56. The Balaban J connectivity index is 2.94. The molecule has 0 heterocycles. The molecule has 90 valence electrons. The van der Waals surface area contributed by atoms with Crippen LogP contribution in [-0.4, -0.2) is 17.8 Å². The summed E-state index contributed by atoms with van der Waals surface area (Å²) in [4.78, 5) is 0. The van der Waals surface area contributed by atoms with Gasteiger partial charge >= 0.3 is 0 Å². The summed E-state index contributed by atoms with van der Waals surface area (Å²) < 4.78 is 0. The lowest BCUT2D eigenvalue weighted by molar-refractivity contribution is 0.135. The Morgan fingerprint density at radius 3 is 2.56 bits per heavy atom. The fourth-order valence-electron chi connectivity index (χ4n) is 1.79. The molecule has 4 heteroatoms. The van der Waals surface area contributed by atoms with Gasteiger partial charge in [-0.3, -0.25) is 0 Å². The van der Waals surface area contributed by atoms with Gasteiger partial charge in [0.15, 0.2) is 0 Å². The molecule has 0 amide bonds. The van der Waals surface area contributed by atoms with Crippen LogP contribution in [0.15, 0.2) is 18.2 Å². The highest BCUT2D eigenvalue weighted by Crippen LogP contribution is 2.30. The molecule has 16 heavy (non-hydrogen) atoms. The van der Waals surface area contributed by atoms with E-state index in [4.69, 9.17) is 28.9 Å². The van der Waals surface area contributed by atoms with Crippen LogP contribution in [0.1, 0.15) is 31.2 Å². The number of halogens is 2. The third kappa shape index (κ3) is 3.36. The summed E-state index contributed by atoms with van der Waals surface area (Å²) in [5.41, 5.74) is 6.56. The third-order valence-electron chi connectivity index (χ3n) is 2.66. The predicted octanol–water partition coefficient (Wildman–Crippen LogP) is 3.20. The molecule has 0 spiro atoms. The maximum Gasteiger partial charge on any atom is 0.0621 e. The highest BCUT2D eigenvalue weighted by molar-refractivity contribution is 6.35. The lowest BCUT2D eigenvalue weighted by atomic mass is 9.91. The zero-order chi connectivity index (χ0) is 12.1. The summed E-state index contributed by atoms with van der Waals surface area (Å²) in [6.07, 6.45) is 1.19. The van der Waals surface area contributed by atoms with Crippen LogP contribution in [0, 0.1) is 0 Å². The maximum absolute atomic E-state index is 9.98. The fourth-order valence-corrected chi connectivity index (χ4v) is 2.34. The normalized spacial score (nSPS) is 14.8. The summed E-state index contributed by atoms with van der Waals surface area (Å²) >= 11 is 11.9. The summed E-state index contributed by atoms with van der Waals surface area (Å²) in [6.45, 7) is 2.41. The van der Waals surface area contributed by atoms with E-state index >= 15 is 0 Å². The molecule has 0 aliphatic carbocycles. The molecule has 2 nitrogen and oxygen atoms in total. The van der Waals surface area contributed by atoms with Gasteiger partial charge in [0.1, 0.15) is 0 Å². The molecule has 0 saturated carbocycles. The van der Waals surface area contributed by atoms with Crippen LogP contribution in [0.3, 0.4) is 0 Å². The Hall–Kier alpha value is -0.280. The van der Waals surface area contributed by atoms with Gasteiger partial charge in [-0.1, -0.05) is 42.6 Å². The minimum atomic E-state index is -0.450. The van der Waals surface area contributed by atoms with E-state index in [1.54, 1.807) is 12.1 Å². The van der Waals surface area contributed by atoms with Crippen LogP contribution in [0.4, 0.5) is 0 Å². The molecule has 2 atom stereocenters. The van der Waals surface area contributed by atoms with E-state index < -0.39 is 6.10 Å². The van der Waals surface area contributed by atoms with Gasteiger partial charge < -0.3 is 10.8 Å². The van der Waals surface area contributed by atoms with E-state index in [9.17, 15) is 5.11 Å². The van der Waals surface area contributed by atoms with Gasteiger partial charge in [-0.25, -0.2) is 0 Å². The van der Waals surface area contributed by atoms with Gasteiger partial charge in [0.2, 0.25) is 0 Å². The Morgan fingerprint density at radius 2 is 2.06 bits per heavy atom. The molecule has 2 unspecified atom stereocenters. The van der Waals surface area contributed by atoms with Crippen molar-refractivity contribution in [3.63, 3.8) is 0 Å². The summed E-state index contributed by atoms with van der Waals surface area (Å²) in [6, 6.07) is 5.28. The molecule has 0 fully saturated rings. The third-order valence-corrected chi connectivity index (χ3v) is 3.23. The van der Waals surface area contributed by atoms with Gasteiger partial charge in [0, 0.05) is 22.5 Å². The second-order valence-corrected chi connectivity index (χ2v) is 4.71. The number of nitrogens with two attached hydrogens (primary N) is 1. The number of aliphatic hydroxyl groups excluding tert-OH is 1. The predicted molar refractivity (Wildman–Crippen MR) is 69.2 cm³/mol. The number of rotatable bonds is 5. The fraction of sp³-hybridized carbons (Fsp3) is 0.500. The van der Waals surface area contributed by atoms with Gasteiger partial charge in [0.25, 0.3) is 0 Å². The minimum Gasteiger partial charge on any atom is -0.392 e. The maximum atomic E-state index is 9.98. The molecular weight excluding hydrogens is 245 g/mol. The molecule has 0 radical (unpaired) electrons. The number of hydrogen-bond acceptors (Lipinski definition) is 2.